The minimum atomic E-state index is -0.792. The van der Waals surface area contributed by atoms with Gasteiger partial charge in [-0.2, -0.15) is 0 Å². The molecule has 1 saturated heterocycles. The molecule has 202 valence electrons. The van der Waals surface area contributed by atoms with Gasteiger partial charge in [0.1, 0.15) is 23.9 Å². The second-order valence-corrected chi connectivity index (χ2v) is 10.2. The van der Waals surface area contributed by atoms with Crippen LogP contribution in [0.3, 0.4) is 0 Å². The Morgan fingerprint density at radius 1 is 0.895 bits per heavy atom. The Bertz CT molecular complexity index is 1160. The Hall–Kier alpha value is -3.55. The molecular weight excluding hydrogens is 484 g/mol. The van der Waals surface area contributed by atoms with Gasteiger partial charge in [0.2, 0.25) is 5.91 Å². The van der Waals surface area contributed by atoms with E-state index in [1.165, 1.54) is 4.90 Å². The van der Waals surface area contributed by atoms with Crippen LogP contribution in [0.5, 0.6) is 5.75 Å². The van der Waals surface area contributed by atoms with Gasteiger partial charge in [-0.25, -0.2) is 9.59 Å². The first-order chi connectivity index (χ1) is 18.5. The van der Waals surface area contributed by atoms with E-state index in [1.54, 1.807) is 18.9 Å². The van der Waals surface area contributed by atoms with Gasteiger partial charge in [-0.15, -0.1) is 0 Å². The number of hydrogen-bond acceptors (Lipinski definition) is 6. The number of carbonyl (C=O) groups is 3. The summed E-state index contributed by atoms with van der Waals surface area (Å²) in [6.07, 6.45) is 5.77. The third-order valence-corrected chi connectivity index (χ3v) is 7.98. The molecule has 3 aliphatic rings. The van der Waals surface area contributed by atoms with Crippen LogP contribution in [0.4, 0.5) is 10.5 Å². The van der Waals surface area contributed by atoms with Crippen LogP contribution < -0.4 is 9.64 Å². The van der Waals surface area contributed by atoms with Gasteiger partial charge in [-0.05, 0) is 74.8 Å². The molecule has 1 aliphatic carbocycles. The SMILES string of the molecule is CCOC(=O)[C@H]1CC[C@@H](c2ccc(OC)cc2)N1C(=O)[C@H]1Cc2ccccc2N1C(=O)OC1CCCCC1. The van der Waals surface area contributed by atoms with Crippen molar-refractivity contribution in [3.05, 3.63) is 59.7 Å². The topological polar surface area (TPSA) is 85.4 Å². The highest BCUT2D eigenvalue weighted by Crippen LogP contribution is 2.41. The fourth-order valence-corrected chi connectivity index (χ4v) is 6.11. The third-order valence-electron chi connectivity index (χ3n) is 7.98. The molecule has 2 aliphatic heterocycles. The van der Waals surface area contributed by atoms with Crippen LogP contribution in [0.15, 0.2) is 48.5 Å². The Labute approximate surface area is 223 Å². The summed E-state index contributed by atoms with van der Waals surface area (Å²) in [5.41, 5.74) is 2.52. The maximum absolute atomic E-state index is 14.4. The first-order valence-electron chi connectivity index (χ1n) is 13.7. The van der Waals surface area contributed by atoms with E-state index < -0.39 is 24.1 Å². The number of likely N-dealkylation sites (tertiary alicyclic amines) is 1. The lowest BCUT2D eigenvalue weighted by molar-refractivity contribution is -0.154. The highest BCUT2D eigenvalue weighted by molar-refractivity contribution is 6.01. The van der Waals surface area contributed by atoms with Crippen molar-refractivity contribution >= 4 is 23.7 Å². The summed E-state index contributed by atoms with van der Waals surface area (Å²) in [5, 5.41) is 0. The molecule has 0 aromatic heterocycles. The molecular formula is C30H36N2O6. The van der Waals surface area contributed by atoms with Crippen LogP contribution in [0.25, 0.3) is 0 Å². The number of anilines is 1. The zero-order chi connectivity index (χ0) is 26.6. The number of methoxy groups -OCH3 is 1. The number of ether oxygens (including phenoxy) is 3. The van der Waals surface area contributed by atoms with Crippen LogP contribution in [-0.4, -0.2) is 54.8 Å². The molecule has 2 aromatic rings. The summed E-state index contributed by atoms with van der Waals surface area (Å²) in [7, 11) is 1.61. The zero-order valence-corrected chi connectivity index (χ0v) is 22.1. The third kappa shape index (κ3) is 5.08. The fraction of sp³-hybridized carbons (Fsp3) is 0.500. The lowest BCUT2D eigenvalue weighted by Gasteiger charge is -2.35. The average Bonchev–Trinajstić information content (AvgIpc) is 3.56. The maximum atomic E-state index is 14.4. The van der Waals surface area contributed by atoms with Gasteiger partial charge in [-0.3, -0.25) is 9.69 Å². The Morgan fingerprint density at radius 2 is 1.63 bits per heavy atom. The Balaban J connectivity index is 1.47. The van der Waals surface area contributed by atoms with Gasteiger partial charge in [0, 0.05) is 6.42 Å². The number of carbonyl (C=O) groups excluding carboxylic acids is 3. The molecule has 0 radical (unpaired) electrons. The Morgan fingerprint density at radius 3 is 2.34 bits per heavy atom. The monoisotopic (exact) mass is 520 g/mol. The average molecular weight is 521 g/mol. The van der Waals surface area contributed by atoms with Crippen molar-refractivity contribution < 1.29 is 28.6 Å². The van der Waals surface area contributed by atoms with Gasteiger partial charge in [0.15, 0.2) is 0 Å². The van der Waals surface area contributed by atoms with Gasteiger partial charge in [0.25, 0.3) is 0 Å². The van der Waals surface area contributed by atoms with Crippen molar-refractivity contribution in [3.63, 3.8) is 0 Å². The van der Waals surface area contributed by atoms with E-state index in [4.69, 9.17) is 14.2 Å². The van der Waals surface area contributed by atoms with Gasteiger partial charge in [0.05, 0.1) is 25.4 Å². The summed E-state index contributed by atoms with van der Waals surface area (Å²) in [4.78, 5) is 44.1. The van der Waals surface area contributed by atoms with E-state index in [0.717, 1.165) is 49.0 Å². The minimum Gasteiger partial charge on any atom is -0.497 e. The minimum absolute atomic E-state index is 0.133. The molecule has 3 atom stereocenters. The Kier molecular flexibility index (Phi) is 7.86. The van der Waals surface area contributed by atoms with Gasteiger partial charge < -0.3 is 19.1 Å². The molecule has 1 saturated carbocycles. The second kappa shape index (κ2) is 11.5. The molecule has 8 heteroatoms. The summed E-state index contributed by atoms with van der Waals surface area (Å²) >= 11 is 0. The molecule has 8 nitrogen and oxygen atoms in total. The summed E-state index contributed by atoms with van der Waals surface area (Å²) < 4.78 is 16.6. The van der Waals surface area contributed by atoms with E-state index in [9.17, 15) is 14.4 Å². The maximum Gasteiger partial charge on any atom is 0.415 e. The number of para-hydroxylation sites is 1. The summed E-state index contributed by atoms with van der Waals surface area (Å²) in [6.45, 7) is 2.00. The zero-order valence-electron chi connectivity index (χ0n) is 22.1. The molecule has 38 heavy (non-hydrogen) atoms. The van der Waals surface area contributed by atoms with Crippen molar-refractivity contribution in [2.75, 3.05) is 18.6 Å². The van der Waals surface area contributed by atoms with Gasteiger partial charge in [-0.1, -0.05) is 36.8 Å². The molecule has 0 spiro atoms. The largest absolute Gasteiger partial charge is 0.497 e. The number of esters is 1. The van der Waals surface area contributed by atoms with Crippen LogP contribution in [0.1, 0.15) is 69.0 Å². The lowest BCUT2D eigenvalue weighted by atomic mass is 9.98. The molecule has 0 N–H and O–H groups in total. The van der Waals surface area contributed by atoms with Crippen molar-refractivity contribution in [3.8, 4) is 5.75 Å². The van der Waals surface area contributed by atoms with E-state index >= 15 is 0 Å². The van der Waals surface area contributed by atoms with Crippen molar-refractivity contribution in [2.24, 2.45) is 0 Å². The van der Waals surface area contributed by atoms with Crippen LogP contribution >= 0.6 is 0 Å². The summed E-state index contributed by atoms with van der Waals surface area (Å²) in [5.74, 6) is 0.0383. The molecule has 0 unspecified atom stereocenters. The van der Waals surface area contributed by atoms with Crippen LogP contribution in [0, 0.1) is 0 Å². The number of benzene rings is 2. The predicted molar refractivity (Wildman–Crippen MR) is 142 cm³/mol. The van der Waals surface area contributed by atoms with Crippen molar-refractivity contribution in [1.82, 2.24) is 4.90 Å². The highest BCUT2D eigenvalue weighted by Gasteiger charge is 2.49. The molecule has 2 amide bonds. The normalized spacial score (nSPS) is 23.2. The molecule has 2 aromatic carbocycles. The fourth-order valence-electron chi connectivity index (χ4n) is 6.11. The summed E-state index contributed by atoms with van der Waals surface area (Å²) in [6, 6.07) is 13.3. The highest BCUT2D eigenvalue weighted by atomic mass is 16.6. The van der Waals surface area contributed by atoms with E-state index in [-0.39, 0.29) is 24.7 Å². The number of fused-ring (bicyclic) bond motifs is 1. The van der Waals surface area contributed by atoms with E-state index in [1.807, 2.05) is 48.5 Å². The van der Waals surface area contributed by atoms with Crippen molar-refractivity contribution in [2.45, 2.75) is 82.5 Å². The van der Waals surface area contributed by atoms with Crippen molar-refractivity contribution in [1.29, 1.82) is 0 Å². The van der Waals surface area contributed by atoms with Crippen LogP contribution in [0.2, 0.25) is 0 Å². The first-order valence-corrected chi connectivity index (χ1v) is 13.7. The number of amides is 2. The standard InChI is InChI=1S/C30H36N2O6/c1-3-37-29(34)26-18-17-25(20-13-15-22(36-2)16-14-20)31(26)28(33)27-19-21-9-7-8-12-24(21)32(27)30(35)38-23-10-5-4-6-11-23/h7-9,12-16,23,25-27H,3-6,10-11,17-19H2,1-2H3/t25-,26+,27+/m0/s1. The number of hydrogen-bond donors (Lipinski definition) is 0. The molecule has 5 rings (SSSR count). The quantitative estimate of drug-likeness (QED) is 0.488. The first kappa shape index (κ1) is 26.1. The molecule has 0 bridgehead atoms. The number of rotatable bonds is 6. The number of nitrogens with zero attached hydrogens (tertiary/aromatic N) is 2. The van der Waals surface area contributed by atoms with E-state index in [0.29, 0.717) is 24.9 Å². The van der Waals surface area contributed by atoms with Gasteiger partial charge >= 0.3 is 12.1 Å². The molecule has 2 fully saturated rings. The smallest absolute Gasteiger partial charge is 0.415 e. The second-order valence-electron chi connectivity index (χ2n) is 10.2. The van der Waals surface area contributed by atoms with E-state index in [2.05, 4.69) is 0 Å². The van der Waals surface area contributed by atoms with Crippen LogP contribution in [-0.2, 0) is 25.5 Å². The predicted octanol–water partition coefficient (Wildman–Crippen LogP) is 5.19. The molecule has 2 heterocycles. The lowest BCUT2D eigenvalue weighted by Crippen LogP contribution is -2.53.